The number of carbonyl (C=O) groups excluding carboxylic acids is 1. The zero-order chi connectivity index (χ0) is 19.0. The van der Waals surface area contributed by atoms with Crippen LogP contribution in [0, 0.1) is 13.8 Å². The molecule has 3 N–H and O–H groups in total. The summed E-state index contributed by atoms with van der Waals surface area (Å²) in [6, 6.07) is 3.71. The van der Waals surface area contributed by atoms with Crippen LogP contribution < -0.4 is 15.8 Å². The number of rotatable bonds is 3. The van der Waals surface area contributed by atoms with Gasteiger partial charge in [0.15, 0.2) is 6.73 Å². The highest BCUT2D eigenvalue weighted by Crippen LogP contribution is 2.37. The number of amides is 2. The van der Waals surface area contributed by atoms with E-state index in [1.54, 1.807) is 0 Å². The summed E-state index contributed by atoms with van der Waals surface area (Å²) < 4.78 is 5.70. The molecule has 6 heteroatoms. The van der Waals surface area contributed by atoms with Crippen LogP contribution in [0.4, 0.5) is 4.79 Å². The van der Waals surface area contributed by atoms with Gasteiger partial charge in [0.05, 0.1) is 0 Å². The lowest BCUT2D eigenvalue weighted by atomic mass is 9.77. The number of carbonyl (C=O) groups is 1. The third kappa shape index (κ3) is 4.39. The number of likely N-dealkylation sites (tertiary alicyclic amines) is 1. The Bertz CT molecular complexity index is 617. The fourth-order valence-electron chi connectivity index (χ4n) is 4.16. The van der Waals surface area contributed by atoms with Gasteiger partial charge in [-0.25, -0.2) is 4.79 Å². The maximum absolute atomic E-state index is 12.8. The molecule has 0 spiro atoms. The van der Waals surface area contributed by atoms with Crippen molar-refractivity contribution >= 4 is 17.6 Å². The van der Waals surface area contributed by atoms with E-state index in [1.807, 2.05) is 30.9 Å². The van der Waals surface area contributed by atoms with Gasteiger partial charge in [-0.2, -0.15) is 0 Å². The van der Waals surface area contributed by atoms with Gasteiger partial charge >= 0.3 is 6.03 Å². The van der Waals surface area contributed by atoms with E-state index in [9.17, 15) is 4.79 Å². The average Bonchev–Trinajstić information content (AvgIpc) is 2.41. The summed E-state index contributed by atoms with van der Waals surface area (Å²) >= 11 is 6.17. The summed E-state index contributed by atoms with van der Waals surface area (Å²) in [7, 11) is 0. The predicted molar refractivity (Wildman–Crippen MR) is 102 cm³/mol. The molecule has 1 fully saturated rings. The van der Waals surface area contributed by atoms with Gasteiger partial charge in [-0.3, -0.25) is 0 Å². The lowest BCUT2D eigenvalue weighted by Crippen LogP contribution is -2.67. The lowest BCUT2D eigenvalue weighted by molar-refractivity contribution is 0.00145. The second-order valence-corrected chi connectivity index (χ2v) is 8.65. The van der Waals surface area contributed by atoms with Gasteiger partial charge in [0, 0.05) is 22.1 Å². The minimum atomic E-state index is -0.307. The van der Waals surface area contributed by atoms with Crippen molar-refractivity contribution in [2.24, 2.45) is 5.73 Å². The molecule has 0 radical (unpaired) electrons. The van der Waals surface area contributed by atoms with E-state index in [4.69, 9.17) is 22.1 Å². The molecule has 2 rings (SSSR count). The molecule has 0 unspecified atom stereocenters. The first kappa shape index (κ1) is 19.9. The molecular formula is C19H30ClN3O2. The van der Waals surface area contributed by atoms with Crippen molar-refractivity contribution in [3.05, 3.63) is 28.3 Å². The largest absolute Gasteiger partial charge is 0.473 e. The molecule has 140 valence electrons. The lowest BCUT2D eigenvalue weighted by Gasteiger charge is -2.54. The van der Waals surface area contributed by atoms with Gasteiger partial charge in [-0.1, -0.05) is 11.6 Å². The van der Waals surface area contributed by atoms with Crippen molar-refractivity contribution in [2.75, 3.05) is 6.73 Å². The van der Waals surface area contributed by atoms with Gasteiger partial charge < -0.3 is 20.7 Å². The number of nitrogens with one attached hydrogen (secondary N) is 1. The van der Waals surface area contributed by atoms with Gasteiger partial charge in [0.25, 0.3) is 0 Å². The van der Waals surface area contributed by atoms with Crippen LogP contribution in [0.1, 0.15) is 51.7 Å². The fraction of sp³-hybridized carbons (Fsp3) is 0.632. The molecule has 0 aliphatic carbocycles. The quantitative estimate of drug-likeness (QED) is 0.794. The van der Waals surface area contributed by atoms with Crippen LogP contribution in [0.3, 0.4) is 0 Å². The first-order valence-electron chi connectivity index (χ1n) is 8.67. The van der Waals surface area contributed by atoms with Crippen LogP contribution in [0.5, 0.6) is 5.75 Å². The molecule has 5 nitrogen and oxygen atoms in total. The maximum Gasteiger partial charge on any atom is 0.320 e. The van der Waals surface area contributed by atoms with Gasteiger partial charge in [-0.05, 0) is 77.6 Å². The fourth-order valence-corrected chi connectivity index (χ4v) is 4.27. The number of benzene rings is 1. The number of ether oxygens (including phenoxy) is 1. The summed E-state index contributed by atoms with van der Waals surface area (Å²) in [6.45, 7) is 12.2. The van der Waals surface area contributed by atoms with Crippen LogP contribution in [-0.4, -0.2) is 34.8 Å². The van der Waals surface area contributed by atoms with Crippen LogP contribution in [0.2, 0.25) is 5.02 Å². The summed E-state index contributed by atoms with van der Waals surface area (Å²) in [5.41, 5.74) is 7.47. The highest BCUT2D eigenvalue weighted by molar-refractivity contribution is 6.32. The van der Waals surface area contributed by atoms with Gasteiger partial charge in [0.2, 0.25) is 0 Å². The smallest absolute Gasteiger partial charge is 0.320 e. The van der Waals surface area contributed by atoms with Gasteiger partial charge in [-0.15, -0.1) is 0 Å². The third-order valence-corrected chi connectivity index (χ3v) is 5.41. The summed E-state index contributed by atoms with van der Waals surface area (Å²) in [6.07, 6.45) is 1.56. The molecule has 2 amide bonds. The average molecular weight is 368 g/mol. The Morgan fingerprint density at radius 2 is 1.72 bits per heavy atom. The molecule has 0 bridgehead atoms. The number of nitrogens with zero attached hydrogens (tertiary/aromatic N) is 1. The molecule has 1 aliphatic heterocycles. The van der Waals surface area contributed by atoms with Crippen molar-refractivity contribution in [2.45, 2.75) is 71.5 Å². The molecule has 1 aliphatic rings. The maximum atomic E-state index is 12.8. The van der Waals surface area contributed by atoms with E-state index in [0.717, 1.165) is 29.0 Å². The molecular weight excluding hydrogens is 338 g/mol. The number of aryl methyl sites for hydroxylation is 2. The SMILES string of the molecule is Cc1cc(OCNC(=O)N2C(C)(C)CC(N)CC2(C)C)cc(C)c1Cl. The standard InChI is InChI=1S/C19H30ClN3O2/c1-12-7-15(8-13(2)16(12)20)25-11-22-17(24)23-18(3,4)9-14(21)10-19(23,5)6/h7-8,14H,9-11,21H2,1-6H3,(H,22,24). The minimum absolute atomic E-state index is 0.102. The summed E-state index contributed by atoms with van der Waals surface area (Å²) in [5.74, 6) is 0.693. The molecule has 1 aromatic carbocycles. The third-order valence-electron chi connectivity index (χ3n) is 4.81. The van der Waals surface area contributed by atoms with Gasteiger partial charge in [0.1, 0.15) is 5.75 Å². The van der Waals surface area contributed by atoms with E-state index in [2.05, 4.69) is 33.0 Å². The zero-order valence-electron chi connectivity index (χ0n) is 16.1. The van der Waals surface area contributed by atoms with E-state index in [-0.39, 0.29) is 29.9 Å². The minimum Gasteiger partial charge on any atom is -0.473 e. The Morgan fingerprint density at radius 1 is 1.24 bits per heavy atom. The topological polar surface area (TPSA) is 67.6 Å². The summed E-state index contributed by atoms with van der Waals surface area (Å²) in [5, 5.41) is 3.61. The number of hydrogen-bond acceptors (Lipinski definition) is 3. The number of piperidine rings is 1. The summed E-state index contributed by atoms with van der Waals surface area (Å²) in [4.78, 5) is 14.7. The van der Waals surface area contributed by atoms with Crippen LogP contribution >= 0.6 is 11.6 Å². The number of urea groups is 1. The Balaban J connectivity index is 2.02. The highest BCUT2D eigenvalue weighted by atomic mass is 35.5. The molecule has 0 atom stereocenters. The van der Waals surface area contributed by atoms with Crippen LogP contribution in [0.15, 0.2) is 12.1 Å². The second kappa shape index (κ2) is 7.04. The first-order valence-corrected chi connectivity index (χ1v) is 9.05. The van der Waals surface area contributed by atoms with E-state index in [1.165, 1.54) is 0 Å². The van der Waals surface area contributed by atoms with Crippen molar-refractivity contribution in [1.29, 1.82) is 0 Å². The number of hydrogen-bond donors (Lipinski definition) is 2. The highest BCUT2D eigenvalue weighted by Gasteiger charge is 2.46. The normalized spacial score (nSPS) is 19.6. The van der Waals surface area contributed by atoms with E-state index >= 15 is 0 Å². The van der Waals surface area contributed by atoms with Crippen molar-refractivity contribution in [3.63, 3.8) is 0 Å². The molecule has 1 saturated heterocycles. The van der Waals surface area contributed by atoms with Crippen molar-refractivity contribution in [1.82, 2.24) is 10.2 Å². The molecule has 25 heavy (non-hydrogen) atoms. The molecule has 1 aromatic rings. The molecule has 1 heterocycles. The van der Waals surface area contributed by atoms with Crippen LogP contribution in [-0.2, 0) is 0 Å². The Labute approximate surface area is 155 Å². The molecule has 0 aromatic heterocycles. The van der Waals surface area contributed by atoms with Crippen LogP contribution in [0.25, 0.3) is 0 Å². The Kier molecular flexibility index (Phi) is 5.59. The Morgan fingerprint density at radius 3 is 2.20 bits per heavy atom. The zero-order valence-corrected chi connectivity index (χ0v) is 16.8. The molecule has 0 saturated carbocycles. The predicted octanol–water partition coefficient (Wildman–Crippen LogP) is 3.98. The monoisotopic (exact) mass is 367 g/mol. The first-order chi connectivity index (χ1) is 11.4. The van der Waals surface area contributed by atoms with Crippen molar-refractivity contribution in [3.8, 4) is 5.75 Å². The van der Waals surface area contributed by atoms with E-state index < -0.39 is 0 Å². The number of nitrogens with two attached hydrogens (primary N) is 1. The van der Waals surface area contributed by atoms with E-state index in [0.29, 0.717) is 5.75 Å². The second-order valence-electron chi connectivity index (χ2n) is 8.27. The van der Waals surface area contributed by atoms with Crippen molar-refractivity contribution < 1.29 is 9.53 Å². The Hall–Kier alpha value is -1.46. The number of halogens is 1.